The van der Waals surface area contributed by atoms with Crippen LogP contribution < -0.4 is 30.9 Å². The molecule has 3 heterocycles. The second-order valence-electron chi connectivity index (χ2n) is 11.9. The Bertz CT molecular complexity index is 1650. The second-order valence-corrected chi connectivity index (χ2v) is 12.3. The number of hydrogen-bond acceptors (Lipinski definition) is 10. The van der Waals surface area contributed by atoms with E-state index >= 15 is 0 Å². The van der Waals surface area contributed by atoms with Crippen LogP contribution in [0.1, 0.15) is 30.1 Å². The van der Waals surface area contributed by atoms with Crippen molar-refractivity contribution < 1.29 is 9.53 Å². The van der Waals surface area contributed by atoms with Crippen molar-refractivity contribution in [2.75, 3.05) is 79.1 Å². The van der Waals surface area contributed by atoms with Gasteiger partial charge in [0.2, 0.25) is 5.95 Å². The fourth-order valence-corrected chi connectivity index (χ4v) is 6.39. The molecule has 11 heteroatoms. The first kappa shape index (κ1) is 31.4. The molecule has 46 heavy (non-hydrogen) atoms. The quantitative estimate of drug-likeness (QED) is 0.132. The van der Waals surface area contributed by atoms with Gasteiger partial charge in [-0.05, 0) is 74.2 Å². The number of anilines is 7. The molecule has 0 bridgehead atoms. The summed E-state index contributed by atoms with van der Waals surface area (Å²) in [5, 5.41) is 6.78. The highest BCUT2D eigenvalue weighted by atomic mass is 35.5. The largest absolute Gasteiger partial charge is 0.494 e. The zero-order valence-electron chi connectivity index (χ0n) is 26.4. The van der Waals surface area contributed by atoms with Crippen molar-refractivity contribution in [3.63, 3.8) is 0 Å². The molecule has 0 radical (unpaired) electrons. The lowest BCUT2D eigenvalue weighted by atomic mass is 9.95. The van der Waals surface area contributed by atoms with E-state index in [-0.39, 0.29) is 5.78 Å². The number of nitrogens with zero attached hydrogens (tertiary/aromatic N) is 5. The van der Waals surface area contributed by atoms with E-state index in [9.17, 15) is 4.79 Å². The fourth-order valence-electron chi connectivity index (χ4n) is 6.25. The molecule has 2 aliphatic rings. The van der Waals surface area contributed by atoms with Gasteiger partial charge >= 0.3 is 0 Å². The molecule has 2 aliphatic heterocycles. The van der Waals surface area contributed by atoms with Gasteiger partial charge in [0.15, 0.2) is 11.6 Å². The Labute approximate surface area is 275 Å². The van der Waals surface area contributed by atoms with E-state index in [1.54, 1.807) is 13.2 Å². The molecular weight excluding hydrogens is 600 g/mol. The van der Waals surface area contributed by atoms with Crippen LogP contribution in [0, 0.1) is 5.92 Å². The molecule has 4 aromatic rings. The number of ketones is 1. The molecular formula is C35H41ClN8O2. The summed E-state index contributed by atoms with van der Waals surface area (Å²) in [6.45, 7) is 8.91. The van der Waals surface area contributed by atoms with Gasteiger partial charge in [-0.1, -0.05) is 23.7 Å². The predicted octanol–water partition coefficient (Wildman–Crippen LogP) is 6.45. The van der Waals surface area contributed by atoms with Crippen molar-refractivity contribution in [1.82, 2.24) is 14.9 Å². The highest BCUT2D eigenvalue weighted by Crippen LogP contribution is 2.33. The van der Waals surface area contributed by atoms with E-state index in [4.69, 9.17) is 22.1 Å². The molecule has 2 fully saturated rings. The monoisotopic (exact) mass is 640 g/mol. The molecule has 3 aromatic carbocycles. The maximum Gasteiger partial charge on any atom is 0.229 e. The number of hydrogen-bond donors (Lipinski definition) is 3. The summed E-state index contributed by atoms with van der Waals surface area (Å²) in [5.41, 5.74) is 11.0. The minimum absolute atomic E-state index is 0.0514. The average molecular weight is 641 g/mol. The van der Waals surface area contributed by atoms with E-state index in [2.05, 4.69) is 59.6 Å². The number of piperidine rings is 1. The van der Waals surface area contributed by atoms with E-state index in [0.717, 1.165) is 68.8 Å². The molecule has 6 rings (SSSR count). The summed E-state index contributed by atoms with van der Waals surface area (Å²) in [4.78, 5) is 28.5. The van der Waals surface area contributed by atoms with Crippen LogP contribution in [0.25, 0.3) is 0 Å². The van der Waals surface area contributed by atoms with Crippen molar-refractivity contribution in [3.8, 4) is 5.75 Å². The summed E-state index contributed by atoms with van der Waals surface area (Å²) < 4.78 is 5.76. The third-order valence-electron chi connectivity index (χ3n) is 8.86. The normalized spacial score (nSPS) is 15.9. The molecule has 0 aliphatic carbocycles. The first-order valence-electron chi connectivity index (χ1n) is 15.8. The van der Waals surface area contributed by atoms with E-state index < -0.39 is 0 Å². The topological polar surface area (TPSA) is 112 Å². The van der Waals surface area contributed by atoms with Crippen molar-refractivity contribution >= 4 is 57.6 Å². The second kappa shape index (κ2) is 14.3. The fraction of sp³-hybridized carbons (Fsp3) is 0.343. The van der Waals surface area contributed by atoms with Gasteiger partial charge in [-0.3, -0.25) is 9.69 Å². The molecule has 4 N–H and O–H groups in total. The standard InChI is InChI=1S/C35H41ClN8O2/c1-24(45)29-5-3-4-6-31(29)39-34-30(36)22-38-35(41-34)40-32-12-11-28(21-33(32)46-2)44-19-17-42(18-20-44)23-25-13-15-43(16-14-25)27-9-7-26(37)8-10-27/h3-12,21-22,25H,13-20,23,37H2,1-2H3,(H2,38,39,40,41). The Morgan fingerprint density at radius 3 is 2.33 bits per heavy atom. The third-order valence-corrected chi connectivity index (χ3v) is 9.14. The molecule has 2 saturated heterocycles. The van der Waals surface area contributed by atoms with E-state index in [1.165, 1.54) is 31.6 Å². The van der Waals surface area contributed by atoms with Crippen LogP contribution in [0.4, 0.5) is 40.2 Å². The Morgan fingerprint density at radius 2 is 1.61 bits per heavy atom. The number of carbonyl (C=O) groups is 1. The molecule has 0 amide bonds. The molecule has 10 nitrogen and oxygen atoms in total. The number of Topliss-reactive ketones (excluding diaryl/α,β-unsaturated/α-hetero) is 1. The Balaban J connectivity index is 1.03. The number of para-hydroxylation sites is 1. The van der Waals surface area contributed by atoms with Crippen LogP contribution in [-0.4, -0.2) is 73.6 Å². The Hall–Kier alpha value is -4.54. The summed E-state index contributed by atoms with van der Waals surface area (Å²) in [6.07, 6.45) is 3.97. The van der Waals surface area contributed by atoms with Crippen molar-refractivity contribution in [1.29, 1.82) is 0 Å². The molecule has 0 saturated carbocycles. The molecule has 240 valence electrons. The minimum atomic E-state index is -0.0514. The SMILES string of the molecule is COc1cc(N2CCN(CC3CCN(c4ccc(N)cc4)CC3)CC2)ccc1Nc1ncc(Cl)c(Nc2ccccc2C(C)=O)n1. The smallest absolute Gasteiger partial charge is 0.229 e. The number of aromatic nitrogens is 2. The number of nitrogen functional groups attached to an aromatic ring is 1. The number of nitrogens with two attached hydrogens (primary N) is 1. The van der Waals surface area contributed by atoms with Crippen LogP contribution >= 0.6 is 11.6 Å². The van der Waals surface area contributed by atoms with Crippen LogP contribution in [0.2, 0.25) is 5.02 Å². The zero-order valence-corrected chi connectivity index (χ0v) is 27.1. The highest BCUT2D eigenvalue weighted by Gasteiger charge is 2.25. The van der Waals surface area contributed by atoms with Crippen LogP contribution in [0.3, 0.4) is 0 Å². The van der Waals surface area contributed by atoms with Gasteiger partial charge in [0.25, 0.3) is 0 Å². The van der Waals surface area contributed by atoms with Crippen molar-refractivity contribution in [3.05, 3.63) is 83.5 Å². The van der Waals surface area contributed by atoms with E-state index in [0.29, 0.717) is 33.8 Å². The lowest BCUT2D eigenvalue weighted by Crippen LogP contribution is -2.49. The van der Waals surface area contributed by atoms with Gasteiger partial charge < -0.3 is 30.9 Å². The summed E-state index contributed by atoms with van der Waals surface area (Å²) in [7, 11) is 1.66. The lowest BCUT2D eigenvalue weighted by molar-refractivity contribution is 0.101. The number of carbonyl (C=O) groups excluding carboxylic acids is 1. The maximum atomic E-state index is 12.1. The summed E-state index contributed by atoms with van der Waals surface area (Å²) in [5.74, 6) is 2.13. The number of rotatable bonds is 10. The number of halogens is 1. The number of benzene rings is 3. The van der Waals surface area contributed by atoms with Gasteiger partial charge in [0.1, 0.15) is 10.8 Å². The minimum Gasteiger partial charge on any atom is -0.494 e. The van der Waals surface area contributed by atoms with Crippen LogP contribution in [-0.2, 0) is 0 Å². The number of ether oxygens (including phenoxy) is 1. The average Bonchev–Trinajstić information content (AvgIpc) is 3.08. The molecule has 0 atom stereocenters. The van der Waals surface area contributed by atoms with Gasteiger partial charge in [0, 0.05) is 74.5 Å². The first-order chi connectivity index (χ1) is 22.4. The van der Waals surface area contributed by atoms with E-state index in [1.807, 2.05) is 36.4 Å². The predicted molar refractivity (Wildman–Crippen MR) is 187 cm³/mol. The van der Waals surface area contributed by atoms with Gasteiger partial charge in [-0.25, -0.2) is 4.98 Å². The van der Waals surface area contributed by atoms with Crippen molar-refractivity contribution in [2.45, 2.75) is 19.8 Å². The number of methoxy groups -OCH3 is 1. The first-order valence-corrected chi connectivity index (χ1v) is 16.2. The number of piperazine rings is 1. The van der Waals surface area contributed by atoms with Crippen molar-refractivity contribution in [2.24, 2.45) is 5.92 Å². The molecule has 0 spiro atoms. The lowest BCUT2D eigenvalue weighted by Gasteiger charge is -2.40. The third kappa shape index (κ3) is 7.46. The Kier molecular flexibility index (Phi) is 9.75. The van der Waals surface area contributed by atoms with Crippen LogP contribution in [0.5, 0.6) is 5.75 Å². The highest BCUT2D eigenvalue weighted by molar-refractivity contribution is 6.33. The van der Waals surface area contributed by atoms with Gasteiger partial charge in [-0.2, -0.15) is 4.98 Å². The zero-order chi connectivity index (χ0) is 32.0. The Morgan fingerprint density at radius 1 is 0.913 bits per heavy atom. The number of nitrogens with one attached hydrogen (secondary N) is 2. The molecule has 0 unspecified atom stereocenters. The van der Waals surface area contributed by atoms with Gasteiger partial charge in [0.05, 0.1) is 24.7 Å². The maximum absolute atomic E-state index is 12.1. The summed E-state index contributed by atoms with van der Waals surface area (Å²) in [6, 6.07) is 21.6. The summed E-state index contributed by atoms with van der Waals surface area (Å²) >= 11 is 6.41. The van der Waals surface area contributed by atoms with Crippen LogP contribution in [0.15, 0.2) is 72.9 Å². The molecule has 1 aromatic heterocycles. The van der Waals surface area contributed by atoms with Gasteiger partial charge in [-0.15, -0.1) is 0 Å².